The van der Waals surface area contributed by atoms with E-state index in [-0.39, 0.29) is 18.6 Å². The van der Waals surface area contributed by atoms with Crippen LogP contribution in [0.3, 0.4) is 0 Å². The number of hydrogen-bond acceptors (Lipinski definition) is 2. The first-order valence-electron chi connectivity index (χ1n) is 4.84. The third-order valence-corrected chi connectivity index (χ3v) is 3.02. The van der Waals surface area contributed by atoms with Gasteiger partial charge in [0, 0.05) is 12.8 Å². The Morgan fingerprint density at radius 1 is 1.20 bits per heavy atom. The van der Waals surface area contributed by atoms with Crippen molar-refractivity contribution >= 4 is 0 Å². The van der Waals surface area contributed by atoms with Crippen LogP contribution in [-0.2, 0) is 5.54 Å². The smallest absolute Gasteiger partial charge is 0.252 e. The molecule has 2 rings (SSSR count). The van der Waals surface area contributed by atoms with E-state index in [0.717, 1.165) is 5.56 Å². The molecule has 0 aliphatic heterocycles. The van der Waals surface area contributed by atoms with E-state index in [0.29, 0.717) is 0 Å². The third-order valence-electron chi connectivity index (χ3n) is 3.02. The molecular formula is C11H13F2NO. The highest BCUT2D eigenvalue weighted by Crippen LogP contribution is 2.51. The molecule has 2 nitrogen and oxygen atoms in total. The van der Waals surface area contributed by atoms with Gasteiger partial charge in [0.15, 0.2) is 0 Å². The van der Waals surface area contributed by atoms with Crippen molar-refractivity contribution in [2.75, 3.05) is 7.05 Å². The number of benzene rings is 1. The summed E-state index contributed by atoms with van der Waals surface area (Å²) in [5.74, 6) is -2.42. The van der Waals surface area contributed by atoms with E-state index in [1.165, 1.54) is 12.1 Å². The van der Waals surface area contributed by atoms with E-state index in [9.17, 15) is 8.78 Å². The fourth-order valence-corrected chi connectivity index (χ4v) is 2.14. The molecule has 1 aliphatic carbocycles. The molecule has 82 valence electrons. The van der Waals surface area contributed by atoms with Crippen LogP contribution in [0, 0.1) is 0 Å². The van der Waals surface area contributed by atoms with Gasteiger partial charge in [0.25, 0.3) is 5.92 Å². The van der Waals surface area contributed by atoms with Crippen molar-refractivity contribution in [1.82, 2.24) is 5.32 Å². The average Bonchev–Trinajstić information content (AvgIpc) is 2.14. The van der Waals surface area contributed by atoms with Crippen molar-refractivity contribution in [2.24, 2.45) is 0 Å². The molecule has 0 heterocycles. The van der Waals surface area contributed by atoms with Crippen molar-refractivity contribution < 1.29 is 13.9 Å². The Labute approximate surface area is 86.9 Å². The van der Waals surface area contributed by atoms with E-state index in [1.54, 1.807) is 19.2 Å². The zero-order chi connectivity index (χ0) is 11.1. The van der Waals surface area contributed by atoms with E-state index in [4.69, 9.17) is 5.11 Å². The Morgan fingerprint density at radius 2 is 1.73 bits per heavy atom. The van der Waals surface area contributed by atoms with Gasteiger partial charge in [0.05, 0.1) is 5.54 Å². The molecule has 0 amide bonds. The molecule has 0 spiro atoms. The number of phenols is 1. The molecule has 2 N–H and O–H groups in total. The molecule has 1 saturated carbocycles. The first-order chi connectivity index (χ1) is 6.97. The molecule has 1 aliphatic rings. The van der Waals surface area contributed by atoms with Crippen LogP contribution >= 0.6 is 0 Å². The van der Waals surface area contributed by atoms with E-state index < -0.39 is 11.5 Å². The normalized spacial score (nSPS) is 22.1. The van der Waals surface area contributed by atoms with Gasteiger partial charge < -0.3 is 10.4 Å². The lowest BCUT2D eigenvalue weighted by Crippen LogP contribution is -2.57. The fourth-order valence-electron chi connectivity index (χ4n) is 2.14. The number of phenolic OH excluding ortho intramolecular Hbond substituents is 1. The van der Waals surface area contributed by atoms with E-state index in [1.807, 2.05) is 0 Å². The van der Waals surface area contributed by atoms with Gasteiger partial charge in [-0.25, -0.2) is 8.78 Å². The monoisotopic (exact) mass is 213 g/mol. The van der Waals surface area contributed by atoms with Crippen LogP contribution in [0.2, 0.25) is 0 Å². The lowest BCUT2D eigenvalue weighted by Gasteiger charge is -2.47. The number of halogens is 2. The highest BCUT2D eigenvalue weighted by Gasteiger charge is 2.56. The van der Waals surface area contributed by atoms with Crippen LogP contribution in [0.5, 0.6) is 5.75 Å². The molecule has 1 aromatic carbocycles. The van der Waals surface area contributed by atoms with Gasteiger partial charge >= 0.3 is 0 Å². The molecule has 0 bridgehead atoms. The minimum Gasteiger partial charge on any atom is -0.508 e. The maximum absolute atomic E-state index is 12.9. The number of hydrogen-bond donors (Lipinski definition) is 2. The summed E-state index contributed by atoms with van der Waals surface area (Å²) in [7, 11) is 1.68. The average molecular weight is 213 g/mol. The molecule has 1 fully saturated rings. The Balaban J connectivity index is 2.25. The quantitative estimate of drug-likeness (QED) is 0.789. The van der Waals surface area contributed by atoms with Crippen LogP contribution in [0.1, 0.15) is 18.4 Å². The van der Waals surface area contributed by atoms with Crippen LogP contribution in [0.4, 0.5) is 8.78 Å². The molecule has 0 unspecified atom stereocenters. The van der Waals surface area contributed by atoms with Gasteiger partial charge in [-0.05, 0) is 24.7 Å². The number of aromatic hydroxyl groups is 1. The molecule has 0 saturated heterocycles. The first-order valence-corrected chi connectivity index (χ1v) is 4.84. The van der Waals surface area contributed by atoms with Gasteiger partial charge in [0.1, 0.15) is 5.75 Å². The Bertz CT molecular complexity index is 353. The lowest BCUT2D eigenvalue weighted by atomic mass is 9.69. The summed E-state index contributed by atoms with van der Waals surface area (Å²) in [5.41, 5.74) is 0.172. The largest absolute Gasteiger partial charge is 0.508 e. The standard InChI is InChI=1S/C11H13F2NO/c1-14-10(6-11(12,13)7-10)8-2-4-9(15)5-3-8/h2-5,14-15H,6-7H2,1H3. The van der Waals surface area contributed by atoms with Crippen molar-refractivity contribution in [3.63, 3.8) is 0 Å². The van der Waals surface area contributed by atoms with Crippen molar-refractivity contribution in [3.05, 3.63) is 29.8 Å². The van der Waals surface area contributed by atoms with Crippen molar-refractivity contribution in [1.29, 1.82) is 0 Å². The molecule has 0 atom stereocenters. The molecule has 0 radical (unpaired) electrons. The molecule has 1 aromatic rings. The summed E-state index contributed by atoms with van der Waals surface area (Å²) in [4.78, 5) is 0. The van der Waals surface area contributed by atoms with Gasteiger partial charge in [0.2, 0.25) is 0 Å². The van der Waals surface area contributed by atoms with Gasteiger partial charge in [-0.15, -0.1) is 0 Å². The highest BCUT2D eigenvalue weighted by atomic mass is 19.3. The van der Waals surface area contributed by atoms with Gasteiger partial charge in [-0.3, -0.25) is 0 Å². The van der Waals surface area contributed by atoms with Crippen molar-refractivity contribution in [2.45, 2.75) is 24.3 Å². The predicted octanol–water partition coefficient (Wildman–Crippen LogP) is 2.24. The zero-order valence-corrected chi connectivity index (χ0v) is 8.43. The van der Waals surface area contributed by atoms with E-state index in [2.05, 4.69) is 5.32 Å². The van der Waals surface area contributed by atoms with Crippen LogP contribution in [0.15, 0.2) is 24.3 Å². The topological polar surface area (TPSA) is 32.3 Å². The number of nitrogens with one attached hydrogen (secondary N) is 1. The lowest BCUT2D eigenvalue weighted by molar-refractivity contribution is -0.135. The minimum atomic E-state index is -2.57. The Kier molecular flexibility index (Phi) is 2.19. The maximum Gasteiger partial charge on any atom is 0.252 e. The third kappa shape index (κ3) is 1.69. The second kappa shape index (κ2) is 3.17. The van der Waals surface area contributed by atoms with Crippen LogP contribution in [-0.4, -0.2) is 18.1 Å². The summed E-state index contributed by atoms with van der Waals surface area (Å²) in [6.45, 7) is 0. The Morgan fingerprint density at radius 3 is 2.13 bits per heavy atom. The summed E-state index contributed by atoms with van der Waals surface area (Å²) in [5, 5.41) is 12.1. The summed E-state index contributed by atoms with van der Waals surface area (Å²) in [6.07, 6.45) is -0.359. The second-order valence-corrected chi connectivity index (χ2v) is 4.09. The predicted molar refractivity (Wildman–Crippen MR) is 53.0 cm³/mol. The zero-order valence-electron chi connectivity index (χ0n) is 8.43. The number of rotatable bonds is 2. The molecule has 4 heteroatoms. The summed E-state index contributed by atoms with van der Waals surface area (Å²) >= 11 is 0. The first kappa shape index (κ1) is 10.4. The van der Waals surface area contributed by atoms with Crippen LogP contribution < -0.4 is 5.32 Å². The molecule has 15 heavy (non-hydrogen) atoms. The van der Waals surface area contributed by atoms with Gasteiger partial charge in [-0.1, -0.05) is 12.1 Å². The van der Waals surface area contributed by atoms with Crippen molar-refractivity contribution in [3.8, 4) is 5.75 Å². The maximum atomic E-state index is 12.9. The summed E-state index contributed by atoms with van der Waals surface area (Å²) in [6, 6.07) is 6.40. The second-order valence-electron chi connectivity index (χ2n) is 4.09. The minimum absolute atomic E-state index is 0.149. The SMILES string of the molecule is CNC1(c2ccc(O)cc2)CC(F)(F)C1. The van der Waals surface area contributed by atoms with Gasteiger partial charge in [-0.2, -0.15) is 0 Å². The fraction of sp³-hybridized carbons (Fsp3) is 0.455. The van der Waals surface area contributed by atoms with E-state index >= 15 is 0 Å². The summed E-state index contributed by atoms with van der Waals surface area (Å²) < 4.78 is 25.8. The Hall–Kier alpha value is -1.16. The molecule has 0 aromatic heterocycles. The highest BCUT2D eigenvalue weighted by molar-refractivity contribution is 5.34. The van der Waals surface area contributed by atoms with Crippen LogP contribution in [0.25, 0.3) is 0 Å². The number of alkyl halides is 2. The molecular weight excluding hydrogens is 200 g/mol.